The first-order chi connectivity index (χ1) is 16.9. The van der Waals surface area contributed by atoms with Gasteiger partial charge in [0.25, 0.3) is 0 Å². The van der Waals surface area contributed by atoms with Gasteiger partial charge in [-0.3, -0.25) is 0 Å². The molecule has 1 unspecified atom stereocenters. The van der Waals surface area contributed by atoms with Gasteiger partial charge < -0.3 is 14.0 Å². The highest BCUT2D eigenvalue weighted by Crippen LogP contribution is 2.38. The van der Waals surface area contributed by atoms with Crippen molar-refractivity contribution in [1.29, 1.82) is 0 Å². The van der Waals surface area contributed by atoms with Crippen LogP contribution in [0.1, 0.15) is 51.8 Å². The van der Waals surface area contributed by atoms with E-state index in [0.717, 1.165) is 33.4 Å². The summed E-state index contributed by atoms with van der Waals surface area (Å²) in [5.41, 5.74) is 6.12. The Morgan fingerprint density at radius 3 is 2.69 bits per heavy atom. The molecule has 0 aliphatic carbocycles. The minimum atomic E-state index is -0.441. The summed E-state index contributed by atoms with van der Waals surface area (Å²) in [6, 6.07) is 12.1. The van der Waals surface area contributed by atoms with Crippen molar-refractivity contribution in [1.82, 2.24) is 24.5 Å². The highest BCUT2D eigenvalue weighted by atomic mass is 79.9. The van der Waals surface area contributed by atoms with Gasteiger partial charge in [-0.25, -0.2) is 14.5 Å². The van der Waals surface area contributed by atoms with E-state index in [4.69, 9.17) is 21.1 Å². The number of ether oxygens (including phenoxy) is 2. The maximum absolute atomic E-state index is 13.1. The molecule has 0 spiro atoms. The number of imidazole rings is 1. The number of carbonyl (C=O) groups is 1. The van der Waals surface area contributed by atoms with Gasteiger partial charge in [-0.1, -0.05) is 35.0 Å². The van der Waals surface area contributed by atoms with Gasteiger partial charge in [0.2, 0.25) is 0 Å². The fourth-order valence-corrected chi connectivity index (χ4v) is 5.39. The second kappa shape index (κ2) is 9.72. The summed E-state index contributed by atoms with van der Waals surface area (Å²) >= 11 is 9.82. The lowest BCUT2D eigenvalue weighted by molar-refractivity contribution is -0.0256. The number of hydrogen-bond donors (Lipinski definition) is 0. The SMILES string of the molecule is CCOC(=O)c1nc(Br)n(C2COC2)c1C(Cc1cc(C)c2nnn(C)c2c1)c1ccc(Cl)cc1. The molecule has 0 bridgehead atoms. The van der Waals surface area contributed by atoms with E-state index in [9.17, 15) is 4.79 Å². The first-order valence-corrected chi connectivity index (χ1v) is 12.6. The average molecular weight is 559 g/mol. The maximum Gasteiger partial charge on any atom is 0.358 e. The first-order valence-electron chi connectivity index (χ1n) is 11.4. The Kier molecular flexibility index (Phi) is 6.65. The molecule has 1 saturated heterocycles. The van der Waals surface area contributed by atoms with Gasteiger partial charge >= 0.3 is 5.97 Å². The zero-order chi connectivity index (χ0) is 24.7. The molecule has 1 aliphatic rings. The predicted molar refractivity (Wildman–Crippen MR) is 136 cm³/mol. The number of fused-ring (bicyclic) bond motifs is 1. The van der Waals surface area contributed by atoms with Gasteiger partial charge in [0.1, 0.15) is 5.52 Å². The van der Waals surface area contributed by atoms with Crippen molar-refractivity contribution in [3.05, 3.63) is 74.2 Å². The van der Waals surface area contributed by atoms with E-state index in [1.165, 1.54) is 0 Å². The normalized spacial score (nSPS) is 14.8. The number of hydrogen-bond acceptors (Lipinski definition) is 6. The summed E-state index contributed by atoms with van der Waals surface area (Å²) in [7, 11) is 1.89. The van der Waals surface area contributed by atoms with E-state index in [1.807, 2.05) is 38.2 Å². The minimum absolute atomic E-state index is 0.0790. The maximum atomic E-state index is 13.1. The van der Waals surface area contributed by atoms with Gasteiger partial charge in [-0.05, 0) is 71.1 Å². The standard InChI is InChI=1S/C25H25BrClN5O3/c1-4-35-24(33)22-23(32(25(26)28-22)18-12-34-13-18)19(16-5-7-17(27)8-6-16)10-15-9-14(2)21-20(11-15)31(3)30-29-21/h5-9,11,18-19H,4,10,12-13H2,1-3H3. The molecule has 35 heavy (non-hydrogen) atoms. The summed E-state index contributed by atoms with van der Waals surface area (Å²) in [5.74, 6) is -0.632. The summed E-state index contributed by atoms with van der Waals surface area (Å²) in [6.07, 6.45) is 0.627. The molecule has 0 saturated carbocycles. The Hall–Kier alpha value is -2.75. The van der Waals surface area contributed by atoms with Gasteiger partial charge in [-0.2, -0.15) is 0 Å². The molecule has 0 N–H and O–H groups in total. The lowest BCUT2D eigenvalue weighted by Gasteiger charge is -2.32. The molecule has 2 aromatic carbocycles. The number of carbonyl (C=O) groups excluding carboxylic acids is 1. The molecule has 1 fully saturated rings. The second-order valence-electron chi connectivity index (χ2n) is 8.70. The van der Waals surface area contributed by atoms with Gasteiger partial charge in [0.05, 0.1) is 37.1 Å². The smallest absolute Gasteiger partial charge is 0.358 e. The van der Waals surface area contributed by atoms with E-state index in [0.29, 0.717) is 35.1 Å². The van der Waals surface area contributed by atoms with Crippen LogP contribution in [0.25, 0.3) is 11.0 Å². The zero-order valence-corrected chi connectivity index (χ0v) is 22.0. The van der Waals surface area contributed by atoms with E-state index in [1.54, 1.807) is 11.6 Å². The van der Waals surface area contributed by atoms with Crippen LogP contribution in [0.15, 0.2) is 41.1 Å². The Balaban J connectivity index is 1.69. The van der Waals surface area contributed by atoms with Crippen molar-refractivity contribution in [2.45, 2.75) is 32.2 Å². The van der Waals surface area contributed by atoms with Crippen molar-refractivity contribution >= 4 is 44.5 Å². The fourth-order valence-electron chi connectivity index (χ4n) is 4.61. The molecule has 182 valence electrons. The largest absolute Gasteiger partial charge is 0.461 e. The number of esters is 1. The van der Waals surface area contributed by atoms with Crippen LogP contribution in [-0.2, 0) is 22.9 Å². The Bertz CT molecular complexity index is 1390. The molecule has 5 rings (SSSR count). The molecular formula is C25H25BrClN5O3. The van der Waals surface area contributed by atoms with Crippen molar-refractivity contribution in [2.75, 3.05) is 19.8 Å². The van der Waals surface area contributed by atoms with Crippen LogP contribution in [0.2, 0.25) is 5.02 Å². The van der Waals surface area contributed by atoms with Crippen LogP contribution < -0.4 is 0 Å². The van der Waals surface area contributed by atoms with Gasteiger partial charge in [-0.15, -0.1) is 5.10 Å². The van der Waals surface area contributed by atoms with Crippen molar-refractivity contribution < 1.29 is 14.3 Å². The van der Waals surface area contributed by atoms with Gasteiger partial charge in [0, 0.05) is 18.0 Å². The van der Waals surface area contributed by atoms with Crippen molar-refractivity contribution in [3.63, 3.8) is 0 Å². The van der Waals surface area contributed by atoms with E-state index >= 15 is 0 Å². The number of nitrogens with zero attached hydrogens (tertiary/aromatic N) is 5. The topological polar surface area (TPSA) is 84.1 Å². The lowest BCUT2D eigenvalue weighted by atomic mass is 9.87. The second-order valence-corrected chi connectivity index (χ2v) is 9.84. The third-order valence-electron chi connectivity index (χ3n) is 6.37. The molecule has 8 nitrogen and oxygen atoms in total. The minimum Gasteiger partial charge on any atom is -0.461 e. The highest BCUT2D eigenvalue weighted by molar-refractivity contribution is 9.10. The Labute approximate surface area is 216 Å². The molecule has 3 heterocycles. The summed E-state index contributed by atoms with van der Waals surface area (Å²) in [6.45, 7) is 5.21. The van der Waals surface area contributed by atoms with Crippen LogP contribution in [0.5, 0.6) is 0 Å². The molecule has 1 aliphatic heterocycles. The molecule has 0 amide bonds. The number of aryl methyl sites for hydroxylation is 2. The first kappa shape index (κ1) is 24.0. The Morgan fingerprint density at radius 2 is 2.03 bits per heavy atom. The predicted octanol–water partition coefficient (Wildman–Crippen LogP) is 5.01. The molecule has 10 heteroatoms. The van der Waals surface area contributed by atoms with Gasteiger partial charge in [0.15, 0.2) is 10.4 Å². The molecule has 4 aromatic rings. The van der Waals surface area contributed by atoms with Crippen LogP contribution >= 0.6 is 27.5 Å². The Morgan fingerprint density at radius 1 is 1.29 bits per heavy atom. The summed E-state index contributed by atoms with van der Waals surface area (Å²) < 4.78 is 15.3. The van der Waals surface area contributed by atoms with Crippen LogP contribution in [-0.4, -0.2) is 50.3 Å². The van der Waals surface area contributed by atoms with Crippen molar-refractivity contribution in [2.24, 2.45) is 7.05 Å². The third kappa shape index (κ3) is 4.48. The fraction of sp³-hybridized carbons (Fsp3) is 0.360. The molecular weight excluding hydrogens is 534 g/mol. The zero-order valence-electron chi connectivity index (χ0n) is 19.7. The number of benzene rings is 2. The quantitative estimate of drug-likeness (QED) is 0.297. The number of rotatable bonds is 7. The molecule has 1 atom stereocenters. The summed E-state index contributed by atoms with van der Waals surface area (Å²) in [4.78, 5) is 17.7. The molecule has 0 radical (unpaired) electrons. The van der Waals surface area contributed by atoms with Crippen LogP contribution in [0.4, 0.5) is 0 Å². The van der Waals surface area contributed by atoms with E-state index < -0.39 is 5.97 Å². The van der Waals surface area contributed by atoms with E-state index in [-0.39, 0.29) is 18.6 Å². The van der Waals surface area contributed by atoms with E-state index in [2.05, 4.69) is 47.9 Å². The van der Waals surface area contributed by atoms with Crippen LogP contribution in [0.3, 0.4) is 0 Å². The van der Waals surface area contributed by atoms with Crippen LogP contribution in [0, 0.1) is 6.92 Å². The highest BCUT2D eigenvalue weighted by Gasteiger charge is 2.35. The van der Waals surface area contributed by atoms with Crippen molar-refractivity contribution in [3.8, 4) is 0 Å². The monoisotopic (exact) mass is 557 g/mol. The third-order valence-corrected chi connectivity index (χ3v) is 7.18. The number of halogens is 2. The lowest BCUT2D eigenvalue weighted by Crippen LogP contribution is -2.33. The summed E-state index contributed by atoms with van der Waals surface area (Å²) in [5, 5.41) is 9.11. The molecule has 2 aromatic heterocycles. The average Bonchev–Trinajstić information content (AvgIpc) is 3.33. The number of aromatic nitrogens is 5.